The van der Waals surface area contributed by atoms with Gasteiger partial charge >= 0.3 is 0 Å². The average Bonchev–Trinajstić information content (AvgIpc) is 2.18. The van der Waals surface area contributed by atoms with Crippen molar-refractivity contribution in [2.45, 2.75) is 6.35 Å². The van der Waals surface area contributed by atoms with Gasteiger partial charge in [0.15, 0.2) is 6.35 Å². The fraction of sp³-hybridized carbons (Fsp3) is 1.00. The first kappa shape index (κ1) is 7.28. The summed E-state index contributed by atoms with van der Waals surface area (Å²) in [6.07, 6.45) is -0.469. The van der Waals surface area contributed by atoms with E-state index < -0.39 is 6.35 Å². The SMILES string of the molecule is OC1NCCN1CCCl. The molecule has 54 valence electrons. The Labute approximate surface area is 59.6 Å². The Balaban J connectivity index is 2.22. The molecule has 0 aromatic carbocycles. The molecule has 1 saturated heterocycles. The Hall–Kier alpha value is 0.170. The zero-order chi connectivity index (χ0) is 6.69. The van der Waals surface area contributed by atoms with Crippen molar-refractivity contribution in [3.63, 3.8) is 0 Å². The van der Waals surface area contributed by atoms with Crippen LogP contribution in [-0.4, -0.2) is 41.9 Å². The highest BCUT2D eigenvalue weighted by Crippen LogP contribution is 1.98. The lowest BCUT2D eigenvalue weighted by Gasteiger charge is -2.16. The third-order valence-corrected chi connectivity index (χ3v) is 1.61. The molecule has 0 radical (unpaired) electrons. The lowest BCUT2D eigenvalue weighted by atomic mass is 10.6. The Morgan fingerprint density at radius 1 is 1.78 bits per heavy atom. The van der Waals surface area contributed by atoms with Crippen molar-refractivity contribution >= 4 is 11.6 Å². The van der Waals surface area contributed by atoms with Crippen LogP contribution in [0.2, 0.25) is 0 Å². The molecular formula is C5H11ClN2O. The van der Waals surface area contributed by atoms with E-state index in [4.69, 9.17) is 16.7 Å². The molecule has 0 aliphatic carbocycles. The van der Waals surface area contributed by atoms with Gasteiger partial charge in [-0.05, 0) is 0 Å². The summed E-state index contributed by atoms with van der Waals surface area (Å²) in [4.78, 5) is 1.90. The van der Waals surface area contributed by atoms with E-state index in [1.165, 1.54) is 0 Å². The van der Waals surface area contributed by atoms with Gasteiger partial charge < -0.3 is 5.11 Å². The molecule has 0 aromatic heterocycles. The highest BCUT2D eigenvalue weighted by molar-refractivity contribution is 6.18. The number of halogens is 1. The van der Waals surface area contributed by atoms with Gasteiger partial charge in [-0.1, -0.05) is 0 Å². The normalized spacial score (nSPS) is 29.3. The number of hydrogen-bond donors (Lipinski definition) is 2. The van der Waals surface area contributed by atoms with Crippen molar-refractivity contribution in [2.24, 2.45) is 0 Å². The van der Waals surface area contributed by atoms with Crippen LogP contribution in [0.4, 0.5) is 0 Å². The first-order chi connectivity index (χ1) is 4.34. The summed E-state index contributed by atoms with van der Waals surface area (Å²) >= 11 is 5.47. The second-order valence-corrected chi connectivity index (χ2v) is 2.43. The van der Waals surface area contributed by atoms with Crippen LogP contribution >= 0.6 is 11.6 Å². The fourth-order valence-corrected chi connectivity index (χ4v) is 1.15. The van der Waals surface area contributed by atoms with Gasteiger partial charge in [-0.3, -0.25) is 10.2 Å². The van der Waals surface area contributed by atoms with Crippen LogP contribution in [0, 0.1) is 0 Å². The number of alkyl halides is 1. The molecule has 0 saturated carbocycles. The van der Waals surface area contributed by atoms with Crippen LogP contribution in [-0.2, 0) is 0 Å². The lowest BCUT2D eigenvalue weighted by Crippen LogP contribution is -2.36. The average molecular weight is 151 g/mol. The molecule has 0 aromatic rings. The Morgan fingerprint density at radius 2 is 2.56 bits per heavy atom. The van der Waals surface area contributed by atoms with E-state index in [9.17, 15) is 0 Å². The maximum Gasteiger partial charge on any atom is 0.163 e. The number of aliphatic hydroxyl groups is 1. The van der Waals surface area contributed by atoms with Gasteiger partial charge in [0.2, 0.25) is 0 Å². The van der Waals surface area contributed by atoms with Crippen LogP contribution in [0.3, 0.4) is 0 Å². The smallest absolute Gasteiger partial charge is 0.163 e. The Morgan fingerprint density at radius 3 is 3.00 bits per heavy atom. The summed E-state index contributed by atoms with van der Waals surface area (Å²) in [7, 11) is 0. The second-order valence-electron chi connectivity index (χ2n) is 2.05. The van der Waals surface area contributed by atoms with E-state index in [0.717, 1.165) is 19.6 Å². The summed E-state index contributed by atoms with van der Waals surface area (Å²) in [5.74, 6) is 0.582. The summed E-state index contributed by atoms with van der Waals surface area (Å²) in [6.45, 7) is 2.52. The van der Waals surface area contributed by atoms with Gasteiger partial charge in [0.05, 0.1) is 0 Å². The molecule has 0 spiro atoms. The summed E-state index contributed by atoms with van der Waals surface area (Å²) in [6, 6.07) is 0. The van der Waals surface area contributed by atoms with Crippen molar-refractivity contribution in [1.29, 1.82) is 0 Å². The topological polar surface area (TPSA) is 35.5 Å². The van der Waals surface area contributed by atoms with E-state index in [-0.39, 0.29) is 0 Å². The van der Waals surface area contributed by atoms with Crippen molar-refractivity contribution < 1.29 is 5.11 Å². The fourth-order valence-electron chi connectivity index (χ4n) is 0.931. The molecule has 1 fully saturated rings. The molecule has 1 rings (SSSR count). The molecule has 1 heterocycles. The first-order valence-corrected chi connectivity index (χ1v) is 3.59. The molecule has 1 atom stereocenters. The van der Waals surface area contributed by atoms with Crippen molar-refractivity contribution in [1.82, 2.24) is 10.2 Å². The van der Waals surface area contributed by atoms with E-state index in [1.54, 1.807) is 0 Å². The summed E-state index contributed by atoms with van der Waals surface area (Å²) in [5.41, 5.74) is 0. The predicted molar refractivity (Wildman–Crippen MR) is 36.3 cm³/mol. The highest BCUT2D eigenvalue weighted by atomic mass is 35.5. The molecule has 3 nitrogen and oxygen atoms in total. The maximum absolute atomic E-state index is 9.08. The third-order valence-electron chi connectivity index (χ3n) is 1.44. The zero-order valence-corrected chi connectivity index (χ0v) is 5.93. The monoisotopic (exact) mass is 150 g/mol. The van der Waals surface area contributed by atoms with E-state index in [0.29, 0.717) is 5.88 Å². The van der Waals surface area contributed by atoms with Gasteiger partial charge in [0.25, 0.3) is 0 Å². The number of rotatable bonds is 2. The molecule has 0 bridgehead atoms. The number of aliphatic hydroxyl groups excluding tert-OH is 1. The standard InChI is InChI=1S/C5H11ClN2O/c6-1-3-8-4-2-7-5(8)9/h5,7,9H,1-4H2. The first-order valence-electron chi connectivity index (χ1n) is 3.06. The van der Waals surface area contributed by atoms with Crippen LogP contribution < -0.4 is 5.32 Å². The number of nitrogens with one attached hydrogen (secondary N) is 1. The summed E-state index contributed by atoms with van der Waals surface area (Å²) < 4.78 is 0. The van der Waals surface area contributed by atoms with E-state index in [2.05, 4.69) is 5.32 Å². The third kappa shape index (κ3) is 1.79. The number of nitrogens with zero attached hydrogens (tertiary/aromatic N) is 1. The van der Waals surface area contributed by atoms with Gasteiger partial charge in [0.1, 0.15) is 0 Å². The molecular weight excluding hydrogens is 140 g/mol. The van der Waals surface area contributed by atoms with Gasteiger partial charge in [-0.15, -0.1) is 11.6 Å². The Bertz CT molecular complexity index is 91.0. The molecule has 1 aliphatic rings. The highest BCUT2D eigenvalue weighted by Gasteiger charge is 2.19. The maximum atomic E-state index is 9.08. The largest absolute Gasteiger partial charge is 0.365 e. The molecule has 1 unspecified atom stereocenters. The van der Waals surface area contributed by atoms with Crippen LogP contribution in [0.25, 0.3) is 0 Å². The zero-order valence-electron chi connectivity index (χ0n) is 5.18. The van der Waals surface area contributed by atoms with Gasteiger partial charge in [0, 0.05) is 25.5 Å². The molecule has 1 aliphatic heterocycles. The number of hydrogen-bond acceptors (Lipinski definition) is 3. The van der Waals surface area contributed by atoms with Crippen molar-refractivity contribution in [3.8, 4) is 0 Å². The molecule has 4 heteroatoms. The quantitative estimate of drug-likeness (QED) is 0.517. The minimum absolute atomic E-state index is 0.469. The molecule has 9 heavy (non-hydrogen) atoms. The Kier molecular flexibility index (Phi) is 2.72. The van der Waals surface area contributed by atoms with E-state index >= 15 is 0 Å². The van der Waals surface area contributed by atoms with Crippen LogP contribution in [0.5, 0.6) is 0 Å². The van der Waals surface area contributed by atoms with Crippen molar-refractivity contribution in [3.05, 3.63) is 0 Å². The minimum atomic E-state index is -0.469. The lowest BCUT2D eigenvalue weighted by molar-refractivity contribution is 0.0263. The van der Waals surface area contributed by atoms with Crippen LogP contribution in [0.1, 0.15) is 0 Å². The predicted octanol–water partition coefficient (Wildman–Crippen LogP) is -0.594. The second kappa shape index (κ2) is 3.37. The van der Waals surface area contributed by atoms with Gasteiger partial charge in [-0.2, -0.15) is 0 Å². The molecule has 0 amide bonds. The molecule has 2 N–H and O–H groups in total. The van der Waals surface area contributed by atoms with Crippen molar-refractivity contribution in [2.75, 3.05) is 25.5 Å². The van der Waals surface area contributed by atoms with Crippen LogP contribution in [0.15, 0.2) is 0 Å². The minimum Gasteiger partial charge on any atom is -0.365 e. The summed E-state index contributed by atoms with van der Waals surface area (Å²) in [5, 5.41) is 12.0. The van der Waals surface area contributed by atoms with E-state index in [1.807, 2.05) is 4.90 Å². The van der Waals surface area contributed by atoms with Gasteiger partial charge in [-0.25, -0.2) is 0 Å².